The molecule has 1 heterocycles. The summed E-state index contributed by atoms with van der Waals surface area (Å²) in [5.74, 6) is 0.355. The van der Waals surface area contributed by atoms with Crippen molar-refractivity contribution in [1.82, 2.24) is 9.97 Å². The van der Waals surface area contributed by atoms with E-state index >= 15 is 0 Å². The van der Waals surface area contributed by atoms with E-state index in [1.54, 1.807) is 7.11 Å². The first-order valence-electron chi connectivity index (χ1n) is 4.74. The molecule has 0 radical (unpaired) electrons. The van der Waals surface area contributed by atoms with Gasteiger partial charge in [0.05, 0.1) is 13.2 Å². The number of hydrogen-bond donors (Lipinski definition) is 1. The summed E-state index contributed by atoms with van der Waals surface area (Å²) in [4.78, 5) is 8.01. The monoisotopic (exact) mass is 212 g/mol. The van der Waals surface area contributed by atoms with Crippen molar-refractivity contribution in [3.8, 4) is 5.88 Å². The van der Waals surface area contributed by atoms with Gasteiger partial charge in [0.25, 0.3) is 0 Å². The van der Waals surface area contributed by atoms with Crippen molar-refractivity contribution < 1.29 is 14.6 Å². The van der Waals surface area contributed by atoms with E-state index in [1.807, 2.05) is 6.92 Å². The fourth-order valence-electron chi connectivity index (χ4n) is 1.24. The van der Waals surface area contributed by atoms with Crippen LogP contribution in [0.2, 0.25) is 0 Å². The molecule has 0 saturated carbocycles. The van der Waals surface area contributed by atoms with Crippen LogP contribution in [0.5, 0.6) is 5.88 Å². The average Bonchev–Trinajstić information content (AvgIpc) is 2.28. The molecule has 0 spiro atoms. The van der Waals surface area contributed by atoms with Crippen LogP contribution in [0.4, 0.5) is 0 Å². The number of aliphatic hydroxyl groups excluding tert-OH is 1. The Morgan fingerprint density at radius 2 is 2.00 bits per heavy atom. The quantitative estimate of drug-likeness (QED) is 0.787. The van der Waals surface area contributed by atoms with E-state index in [1.165, 1.54) is 19.5 Å². The lowest BCUT2D eigenvalue weighted by atomic mass is 10.1. The van der Waals surface area contributed by atoms with Crippen LogP contribution in [-0.2, 0) is 4.74 Å². The van der Waals surface area contributed by atoms with Gasteiger partial charge in [0.15, 0.2) is 0 Å². The van der Waals surface area contributed by atoms with Gasteiger partial charge in [0, 0.05) is 25.9 Å². The standard InChI is InChI=1S/C10H16N2O3/c1-7(14-2)6-8(13)9-10(15-3)12-5-4-11-9/h4-5,7-8,13H,6H2,1-3H3. The number of hydrogen-bond acceptors (Lipinski definition) is 5. The Labute approximate surface area is 89.1 Å². The maximum atomic E-state index is 9.87. The fourth-order valence-corrected chi connectivity index (χ4v) is 1.24. The number of ether oxygens (including phenoxy) is 2. The molecule has 0 saturated heterocycles. The van der Waals surface area contributed by atoms with Crippen molar-refractivity contribution in [3.05, 3.63) is 18.1 Å². The van der Waals surface area contributed by atoms with Crippen LogP contribution >= 0.6 is 0 Å². The molecule has 5 heteroatoms. The molecular formula is C10H16N2O3. The second-order valence-electron chi connectivity index (χ2n) is 3.25. The molecule has 2 atom stereocenters. The number of methoxy groups -OCH3 is 2. The minimum atomic E-state index is -0.719. The van der Waals surface area contributed by atoms with Gasteiger partial charge in [-0.05, 0) is 6.92 Å². The molecule has 0 amide bonds. The molecule has 0 aromatic carbocycles. The van der Waals surface area contributed by atoms with E-state index in [2.05, 4.69) is 9.97 Å². The molecule has 0 fully saturated rings. The third-order valence-corrected chi connectivity index (χ3v) is 2.16. The molecule has 0 aliphatic heterocycles. The van der Waals surface area contributed by atoms with Gasteiger partial charge in [-0.3, -0.25) is 4.98 Å². The summed E-state index contributed by atoms with van der Waals surface area (Å²) in [6, 6.07) is 0. The third-order valence-electron chi connectivity index (χ3n) is 2.16. The van der Waals surface area contributed by atoms with Gasteiger partial charge < -0.3 is 14.6 Å². The fraction of sp³-hybridized carbons (Fsp3) is 0.600. The summed E-state index contributed by atoms with van der Waals surface area (Å²) in [6.45, 7) is 1.88. The largest absolute Gasteiger partial charge is 0.480 e. The summed E-state index contributed by atoms with van der Waals surface area (Å²) in [5, 5.41) is 9.87. The maximum absolute atomic E-state index is 9.87. The first-order chi connectivity index (χ1) is 7.19. The highest BCUT2D eigenvalue weighted by Gasteiger charge is 2.18. The Kier molecular flexibility index (Phi) is 4.45. The molecule has 1 aromatic heterocycles. The molecule has 0 aliphatic carbocycles. The molecule has 1 rings (SSSR count). The first kappa shape index (κ1) is 11.9. The molecule has 2 unspecified atom stereocenters. The van der Waals surface area contributed by atoms with Crippen molar-refractivity contribution in [2.45, 2.75) is 25.6 Å². The Morgan fingerprint density at radius 3 is 2.60 bits per heavy atom. The summed E-state index contributed by atoms with van der Waals surface area (Å²) in [5.41, 5.74) is 0.448. The van der Waals surface area contributed by atoms with Crippen molar-refractivity contribution in [3.63, 3.8) is 0 Å². The molecular weight excluding hydrogens is 196 g/mol. The van der Waals surface area contributed by atoms with Crippen molar-refractivity contribution in [2.75, 3.05) is 14.2 Å². The van der Waals surface area contributed by atoms with Crippen LogP contribution in [0.15, 0.2) is 12.4 Å². The highest BCUT2D eigenvalue weighted by Crippen LogP contribution is 2.23. The van der Waals surface area contributed by atoms with E-state index in [-0.39, 0.29) is 6.10 Å². The molecule has 84 valence electrons. The summed E-state index contributed by atoms with van der Waals surface area (Å²) in [6.07, 6.45) is 2.76. The highest BCUT2D eigenvalue weighted by atomic mass is 16.5. The number of rotatable bonds is 5. The Morgan fingerprint density at radius 1 is 1.33 bits per heavy atom. The second-order valence-corrected chi connectivity index (χ2v) is 3.25. The maximum Gasteiger partial charge on any atom is 0.238 e. The van der Waals surface area contributed by atoms with E-state index in [4.69, 9.17) is 9.47 Å². The average molecular weight is 212 g/mol. The lowest BCUT2D eigenvalue weighted by Gasteiger charge is -2.15. The minimum Gasteiger partial charge on any atom is -0.480 e. The molecule has 5 nitrogen and oxygen atoms in total. The second kappa shape index (κ2) is 5.63. The first-order valence-corrected chi connectivity index (χ1v) is 4.74. The summed E-state index contributed by atoms with van der Waals surface area (Å²) < 4.78 is 10.1. The lowest BCUT2D eigenvalue weighted by Crippen LogP contribution is -2.13. The van der Waals surface area contributed by atoms with E-state index < -0.39 is 6.10 Å². The molecule has 1 N–H and O–H groups in total. The Hall–Kier alpha value is -1.20. The Balaban J connectivity index is 2.76. The predicted octanol–water partition coefficient (Wildman–Crippen LogP) is 0.944. The number of aliphatic hydroxyl groups is 1. The zero-order chi connectivity index (χ0) is 11.3. The molecule has 0 bridgehead atoms. The number of aromatic nitrogens is 2. The van der Waals surface area contributed by atoms with Crippen LogP contribution in [0.25, 0.3) is 0 Å². The van der Waals surface area contributed by atoms with Gasteiger partial charge >= 0.3 is 0 Å². The van der Waals surface area contributed by atoms with E-state index in [9.17, 15) is 5.11 Å². The van der Waals surface area contributed by atoms with E-state index in [0.29, 0.717) is 18.0 Å². The lowest BCUT2D eigenvalue weighted by molar-refractivity contribution is 0.0529. The van der Waals surface area contributed by atoms with Crippen LogP contribution in [-0.4, -0.2) is 35.4 Å². The van der Waals surface area contributed by atoms with Crippen LogP contribution in [0.3, 0.4) is 0 Å². The summed E-state index contributed by atoms with van der Waals surface area (Å²) in [7, 11) is 3.10. The molecule has 1 aromatic rings. The Bertz CT molecular complexity index is 306. The van der Waals surface area contributed by atoms with Crippen molar-refractivity contribution in [2.24, 2.45) is 0 Å². The van der Waals surface area contributed by atoms with Gasteiger partial charge in [-0.2, -0.15) is 0 Å². The topological polar surface area (TPSA) is 64.5 Å². The van der Waals surface area contributed by atoms with Gasteiger partial charge in [0.1, 0.15) is 11.8 Å². The van der Waals surface area contributed by atoms with Gasteiger partial charge in [-0.1, -0.05) is 0 Å². The zero-order valence-electron chi connectivity index (χ0n) is 9.17. The third kappa shape index (κ3) is 3.14. The summed E-state index contributed by atoms with van der Waals surface area (Å²) >= 11 is 0. The number of nitrogens with zero attached hydrogens (tertiary/aromatic N) is 2. The predicted molar refractivity (Wildman–Crippen MR) is 54.6 cm³/mol. The van der Waals surface area contributed by atoms with Crippen LogP contribution < -0.4 is 4.74 Å². The minimum absolute atomic E-state index is 0.0355. The van der Waals surface area contributed by atoms with Crippen LogP contribution in [0, 0.1) is 0 Å². The van der Waals surface area contributed by atoms with Gasteiger partial charge in [-0.25, -0.2) is 4.98 Å². The molecule has 0 aliphatic rings. The smallest absolute Gasteiger partial charge is 0.238 e. The normalized spacial score (nSPS) is 14.7. The van der Waals surface area contributed by atoms with Crippen LogP contribution in [0.1, 0.15) is 25.1 Å². The van der Waals surface area contributed by atoms with Gasteiger partial charge in [-0.15, -0.1) is 0 Å². The molecule has 15 heavy (non-hydrogen) atoms. The van der Waals surface area contributed by atoms with Gasteiger partial charge in [0.2, 0.25) is 5.88 Å². The van der Waals surface area contributed by atoms with Crippen molar-refractivity contribution >= 4 is 0 Å². The highest BCUT2D eigenvalue weighted by molar-refractivity contribution is 5.19. The SMILES string of the molecule is COc1nccnc1C(O)CC(C)OC. The van der Waals surface area contributed by atoms with Crippen molar-refractivity contribution in [1.29, 1.82) is 0 Å². The zero-order valence-corrected chi connectivity index (χ0v) is 9.17. The van der Waals surface area contributed by atoms with E-state index in [0.717, 1.165) is 0 Å².